The van der Waals surface area contributed by atoms with E-state index in [1.807, 2.05) is 6.92 Å². The van der Waals surface area contributed by atoms with Gasteiger partial charge in [-0.1, -0.05) is 32.9 Å². The fourth-order valence-electron chi connectivity index (χ4n) is 3.49. The maximum Gasteiger partial charge on any atom is 0.142 e. The Kier molecular flexibility index (Phi) is 4.33. The molecule has 1 fully saturated rings. The topological polar surface area (TPSA) is 62.8 Å². The zero-order chi connectivity index (χ0) is 16.6. The van der Waals surface area contributed by atoms with Crippen LogP contribution in [0, 0.1) is 11.8 Å². The van der Waals surface area contributed by atoms with Gasteiger partial charge in [-0.25, -0.2) is 0 Å². The van der Waals surface area contributed by atoms with Crippen molar-refractivity contribution >= 4 is 22.5 Å². The zero-order valence-electron chi connectivity index (χ0n) is 14.1. The first-order valence-electron chi connectivity index (χ1n) is 8.48. The largest absolute Gasteiger partial charge is 0.299 e. The lowest BCUT2D eigenvalue weighted by atomic mass is 9.92. The monoisotopic (exact) mass is 312 g/mol. The van der Waals surface area contributed by atoms with Crippen LogP contribution in [0.1, 0.15) is 57.2 Å². The van der Waals surface area contributed by atoms with Crippen LogP contribution in [0.4, 0.5) is 0 Å². The van der Waals surface area contributed by atoms with Gasteiger partial charge in [-0.05, 0) is 30.4 Å². The zero-order valence-corrected chi connectivity index (χ0v) is 14.1. The van der Waals surface area contributed by atoms with Crippen LogP contribution in [0.15, 0.2) is 18.2 Å². The number of rotatable bonds is 3. The first-order valence-corrected chi connectivity index (χ1v) is 8.48. The molecule has 0 saturated heterocycles. The first kappa shape index (κ1) is 15.9. The molecule has 2 unspecified atom stereocenters. The Balaban J connectivity index is 1.93. The van der Waals surface area contributed by atoms with Gasteiger partial charge in [0, 0.05) is 24.1 Å². The number of ketones is 2. The molecule has 0 amide bonds. The maximum atomic E-state index is 12.5. The number of nitrogens with one attached hydrogen (secondary N) is 1. The van der Waals surface area contributed by atoms with Crippen molar-refractivity contribution in [3.63, 3.8) is 0 Å². The summed E-state index contributed by atoms with van der Waals surface area (Å²) >= 11 is 0. The molecule has 1 heterocycles. The highest BCUT2D eigenvalue weighted by Crippen LogP contribution is 2.33. The van der Waals surface area contributed by atoms with Crippen molar-refractivity contribution in [1.29, 1.82) is 0 Å². The molecule has 0 aliphatic heterocycles. The van der Waals surface area contributed by atoms with E-state index in [9.17, 15) is 9.59 Å². The maximum absolute atomic E-state index is 12.5. The van der Waals surface area contributed by atoms with Crippen molar-refractivity contribution in [2.45, 2.75) is 52.4 Å². The van der Waals surface area contributed by atoms with E-state index in [4.69, 9.17) is 0 Å². The molecule has 1 aromatic heterocycles. The molecular weight excluding hydrogens is 288 g/mol. The minimum absolute atomic E-state index is 0.142. The molecule has 23 heavy (non-hydrogen) atoms. The predicted molar refractivity (Wildman–Crippen MR) is 90.4 cm³/mol. The van der Waals surface area contributed by atoms with Gasteiger partial charge in [0.2, 0.25) is 0 Å². The lowest BCUT2D eigenvalue weighted by molar-refractivity contribution is -0.125. The summed E-state index contributed by atoms with van der Waals surface area (Å²) in [5.41, 5.74) is 3.07. The smallest absolute Gasteiger partial charge is 0.142 e. The Hall–Kier alpha value is -1.97. The van der Waals surface area contributed by atoms with Crippen molar-refractivity contribution < 1.29 is 9.59 Å². The number of aromatic nitrogens is 2. The van der Waals surface area contributed by atoms with E-state index < -0.39 is 0 Å². The van der Waals surface area contributed by atoms with Crippen LogP contribution in [0.3, 0.4) is 0 Å². The molecule has 2 atom stereocenters. The molecule has 1 N–H and O–H groups in total. The van der Waals surface area contributed by atoms with Gasteiger partial charge in [-0.3, -0.25) is 14.7 Å². The van der Waals surface area contributed by atoms with Crippen LogP contribution in [0.2, 0.25) is 0 Å². The fourth-order valence-corrected chi connectivity index (χ4v) is 3.49. The molecule has 4 heteroatoms. The second-order valence-electron chi connectivity index (χ2n) is 7.22. The summed E-state index contributed by atoms with van der Waals surface area (Å²) in [6.45, 7) is 6.25. The van der Waals surface area contributed by atoms with E-state index in [0.29, 0.717) is 25.2 Å². The molecule has 0 bridgehead atoms. The number of benzene rings is 1. The summed E-state index contributed by atoms with van der Waals surface area (Å²) in [5.74, 6) is 0.526. The van der Waals surface area contributed by atoms with Crippen molar-refractivity contribution in [1.82, 2.24) is 10.2 Å². The lowest BCUT2D eigenvalue weighted by Gasteiger charge is -2.11. The summed E-state index contributed by atoms with van der Waals surface area (Å²) in [6, 6.07) is 6.31. The molecule has 1 saturated carbocycles. The van der Waals surface area contributed by atoms with Crippen LogP contribution in [0.5, 0.6) is 0 Å². The third-order valence-electron chi connectivity index (χ3n) is 4.76. The molecule has 1 aromatic carbocycles. The molecule has 1 aliphatic rings. The Bertz CT molecular complexity index is 745. The summed E-state index contributed by atoms with van der Waals surface area (Å²) in [7, 11) is 0. The number of H-pyrrole nitrogens is 1. The second-order valence-corrected chi connectivity index (χ2v) is 7.22. The average molecular weight is 312 g/mol. The minimum atomic E-state index is -0.256. The summed E-state index contributed by atoms with van der Waals surface area (Å²) in [6.07, 6.45) is 2.41. The summed E-state index contributed by atoms with van der Waals surface area (Å²) < 4.78 is 0. The number of nitrogens with zero attached hydrogens (tertiary/aromatic N) is 1. The van der Waals surface area contributed by atoms with Gasteiger partial charge in [-0.15, -0.1) is 0 Å². The number of carbonyl (C=O) groups excluding carboxylic acids is 2. The molecule has 1 aliphatic carbocycles. The van der Waals surface area contributed by atoms with Gasteiger partial charge in [0.15, 0.2) is 0 Å². The summed E-state index contributed by atoms with van der Waals surface area (Å²) in [5, 5.41) is 8.51. The molecular formula is C19H24N2O2. The Morgan fingerprint density at radius 3 is 2.78 bits per heavy atom. The van der Waals surface area contributed by atoms with E-state index in [-0.39, 0.29) is 23.4 Å². The van der Waals surface area contributed by atoms with Gasteiger partial charge in [0.1, 0.15) is 11.6 Å². The van der Waals surface area contributed by atoms with Crippen molar-refractivity contribution in [3.8, 4) is 0 Å². The van der Waals surface area contributed by atoms with Crippen molar-refractivity contribution in [2.75, 3.05) is 0 Å². The summed E-state index contributed by atoms with van der Waals surface area (Å²) in [4.78, 5) is 24.4. The average Bonchev–Trinajstić information content (AvgIpc) is 2.84. The second kappa shape index (κ2) is 6.26. The number of aromatic amines is 1. The number of hydrogen-bond donors (Lipinski definition) is 1. The number of carbonyl (C=O) groups is 2. The third-order valence-corrected chi connectivity index (χ3v) is 4.76. The lowest BCUT2D eigenvalue weighted by Crippen LogP contribution is -2.14. The normalized spacial score (nSPS) is 22.8. The van der Waals surface area contributed by atoms with Gasteiger partial charge in [0.05, 0.1) is 17.1 Å². The van der Waals surface area contributed by atoms with E-state index in [1.54, 1.807) is 0 Å². The number of hydrogen-bond acceptors (Lipinski definition) is 3. The highest BCUT2D eigenvalue weighted by atomic mass is 16.1. The van der Waals surface area contributed by atoms with E-state index in [1.165, 1.54) is 5.56 Å². The van der Waals surface area contributed by atoms with Gasteiger partial charge in [0.25, 0.3) is 0 Å². The quantitative estimate of drug-likeness (QED) is 0.877. The van der Waals surface area contributed by atoms with Crippen molar-refractivity contribution in [3.05, 3.63) is 29.5 Å². The van der Waals surface area contributed by atoms with E-state index >= 15 is 0 Å². The van der Waals surface area contributed by atoms with Gasteiger partial charge < -0.3 is 0 Å². The fraction of sp³-hybridized carbons (Fsp3) is 0.526. The SMILES string of the molecule is CC(C)Cc1ccc2c(C3CCC(=O)C(C)CC3=O)n[nH]c2c1. The molecule has 122 valence electrons. The number of Topliss-reactive ketones (excluding diaryl/α,β-unsaturated/α-hetero) is 2. The molecule has 3 rings (SSSR count). The molecule has 0 radical (unpaired) electrons. The third kappa shape index (κ3) is 3.21. The van der Waals surface area contributed by atoms with Crippen LogP contribution >= 0.6 is 0 Å². The first-order chi connectivity index (χ1) is 11.0. The molecule has 0 spiro atoms. The number of fused-ring (bicyclic) bond motifs is 1. The Morgan fingerprint density at radius 2 is 2.04 bits per heavy atom. The van der Waals surface area contributed by atoms with Crippen LogP contribution in [-0.2, 0) is 16.0 Å². The van der Waals surface area contributed by atoms with Gasteiger partial charge in [-0.2, -0.15) is 5.10 Å². The molecule has 4 nitrogen and oxygen atoms in total. The van der Waals surface area contributed by atoms with E-state index in [0.717, 1.165) is 23.0 Å². The van der Waals surface area contributed by atoms with E-state index in [2.05, 4.69) is 42.2 Å². The van der Waals surface area contributed by atoms with Crippen LogP contribution in [-0.4, -0.2) is 21.8 Å². The van der Waals surface area contributed by atoms with Crippen LogP contribution in [0.25, 0.3) is 10.9 Å². The Morgan fingerprint density at radius 1 is 1.26 bits per heavy atom. The predicted octanol–water partition coefficient (Wildman–Crippen LogP) is 3.80. The Labute approximate surface area is 136 Å². The molecule has 2 aromatic rings. The standard InChI is InChI=1S/C19H24N2O2/c1-11(2)8-13-4-5-14-16(10-13)20-21-19(14)15-6-7-17(22)12(3)9-18(15)23/h4-5,10-12,15H,6-9H2,1-3H3,(H,20,21). The van der Waals surface area contributed by atoms with Crippen LogP contribution < -0.4 is 0 Å². The minimum Gasteiger partial charge on any atom is -0.299 e. The highest BCUT2D eigenvalue weighted by molar-refractivity contribution is 5.96. The van der Waals surface area contributed by atoms with Crippen molar-refractivity contribution in [2.24, 2.45) is 11.8 Å². The highest BCUT2D eigenvalue weighted by Gasteiger charge is 2.32. The van der Waals surface area contributed by atoms with Gasteiger partial charge >= 0.3 is 0 Å².